The highest BCUT2D eigenvalue weighted by Gasteiger charge is 2.41. The molecular weight excluding hydrogens is 451 g/mol. The van der Waals surface area contributed by atoms with Gasteiger partial charge in [0.1, 0.15) is 11.9 Å². The fraction of sp³-hybridized carbons (Fsp3) is 0.300. The standard InChI is InChI=1S/C20H14F7NO4/c21-14-3-1-10(2-4-14)15-8-28(18(30)31)9-16(15)32-17(29)11-5-12(19(22,23)24)7-13(6-11)20(25,26)27/h1-7,15-16H,8-9H2,(H,30,31)/t15-,16+/m1/s1. The summed E-state index contributed by atoms with van der Waals surface area (Å²) in [5.41, 5.74) is -3.98. The molecule has 0 unspecified atom stereocenters. The summed E-state index contributed by atoms with van der Waals surface area (Å²) in [6, 6.07) is 5.14. The first-order valence-corrected chi connectivity index (χ1v) is 8.99. The predicted octanol–water partition coefficient (Wildman–Crippen LogP) is 5.17. The number of ether oxygens (including phenoxy) is 1. The first kappa shape index (κ1) is 23.4. The lowest BCUT2D eigenvalue weighted by molar-refractivity contribution is -0.143. The molecule has 2 aromatic carbocycles. The average molecular weight is 465 g/mol. The van der Waals surface area contributed by atoms with Crippen molar-refractivity contribution < 1.29 is 50.2 Å². The molecule has 0 radical (unpaired) electrons. The van der Waals surface area contributed by atoms with Gasteiger partial charge in [0.15, 0.2) is 0 Å². The summed E-state index contributed by atoms with van der Waals surface area (Å²) in [4.78, 5) is 24.7. The van der Waals surface area contributed by atoms with E-state index < -0.39 is 58.9 Å². The van der Waals surface area contributed by atoms with Crippen LogP contribution in [0.5, 0.6) is 0 Å². The summed E-state index contributed by atoms with van der Waals surface area (Å²) in [7, 11) is 0. The lowest BCUT2D eigenvalue weighted by Crippen LogP contribution is -2.29. The van der Waals surface area contributed by atoms with Crippen LogP contribution in [-0.2, 0) is 17.1 Å². The van der Waals surface area contributed by atoms with Crippen LogP contribution >= 0.6 is 0 Å². The maximum atomic E-state index is 13.2. The number of amides is 1. The van der Waals surface area contributed by atoms with E-state index in [9.17, 15) is 45.4 Å². The van der Waals surface area contributed by atoms with Gasteiger partial charge in [0.2, 0.25) is 0 Å². The Labute approximate surface area is 176 Å². The zero-order valence-corrected chi connectivity index (χ0v) is 15.9. The maximum absolute atomic E-state index is 13.2. The fourth-order valence-electron chi connectivity index (χ4n) is 3.36. The molecule has 0 spiro atoms. The predicted molar refractivity (Wildman–Crippen MR) is 94.4 cm³/mol. The Morgan fingerprint density at radius 3 is 1.91 bits per heavy atom. The summed E-state index contributed by atoms with van der Waals surface area (Å²) >= 11 is 0. The molecule has 5 nitrogen and oxygen atoms in total. The van der Waals surface area contributed by atoms with E-state index in [0.717, 1.165) is 17.0 Å². The monoisotopic (exact) mass is 465 g/mol. The third kappa shape index (κ3) is 5.11. The Bertz CT molecular complexity index is 986. The van der Waals surface area contributed by atoms with Crippen molar-refractivity contribution in [2.45, 2.75) is 24.4 Å². The lowest BCUT2D eigenvalue weighted by atomic mass is 9.96. The van der Waals surface area contributed by atoms with Gasteiger partial charge in [-0.2, -0.15) is 26.3 Å². The Hall–Kier alpha value is -3.31. The number of esters is 1. The van der Waals surface area contributed by atoms with Gasteiger partial charge >= 0.3 is 24.4 Å². The number of rotatable bonds is 3. The smallest absolute Gasteiger partial charge is 0.416 e. The molecule has 2 aromatic rings. The molecule has 1 aliphatic heterocycles. The SMILES string of the molecule is O=C(O[C@H]1CN(C(=O)O)C[C@@H]1c1ccc(F)cc1)c1cc(C(F)(F)F)cc(C(F)(F)F)c1. The van der Waals surface area contributed by atoms with Crippen molar-refractivity contribution in [3.8, 4) is 0 Å². The molecule has 32 heavy (non-hydrogen) atoms. The number of benzene rings is 2. The van der Waals surface area contributed by atoms with E-state index in [-0.39, 0.29) is 31.3 Å². The summed E-state index contributed by atoms with van der Waals surface area (Å²) in [6.45, 7) is -0.538. The normalized spacial score (nSPS) is 19.2. The number of carboxylic acid groups (broad SMARTS) is 1. The highest BCUT2D eigenvalue weighted by atomic mass is 19.4. The van der Waals surface area contributed by atoms with Crippen molar-refractivity contribution in [1.29, 1.82) is 0 Å². The van der Waals surface area contributed by atoms with E-state index in [2.05, 4.69) is 0 Å². The molecule has 3 rings (SSSR count). The largest absolute Gasteiger partial charge is 0.465 e. The van der Waals surface area contributed by atoms with E-state index in [0.29, 0.717) is 5.56 Å². The van der Waals surface area contributed by atoms with E-state index in [4.69, 9.17) is 4.74 Å². The van der Waals surface area contributed by atoms with Gasteiger partial charge in [-0.1, -0.05) is 12.1 Å². The van der Waals surface area contributed by atoms with Gasteiger partial charge in [0, 0.05) is 12.5 Å². The topological polar surface area (TPSA) is 66.8 Å². The van der Waals surface area contributed by atoms with Gasteiger partial charge in [0.25, 0.3) is 0 Å². The van der Waals surface area contributed by atoms with Crippen LogP contribution in [0.1, 0.15) is 33.0 Å². The van der Waals surface area contributed by atoms with Crippen LogP contribution in [0.25, 0.3) is 0 Å². The Kier molecular flexibility index (Phi) is 6.07. The zero-order chi connectivity index (χ0) is 23.8. The number of carbonyl (C=O) groups is 2. The molecule has 1 N–H and O–H groups in total. The molecule has 0 aliphatic carbocycles. The van der Waals surface area contributed by atoms with Gasteiger partial charge < -0.3 is 14.7 Å². The van der Waals surface area contributed by atoms with E-state index in [1.807, 2.05) is 0 Å². The molecule has 12 heteroatoms. The minimum atomic E-state index is -5.15. The minimum Gasteiger partial charge on any atom is -0.465 e. The quantitative estimate of drug-likeness (QED) is 0.502. The van der Waals surface area contributed by atoms with Crippen molar-refractivity contribution in [1.82, 2.24) is 4.90 Å². The van der Waals surface area contributed by atoms with Gasteiger partial charge in [-0.15, -0.1) is 0 Å². The summed E-state index contributed by atoms with van der Waals surface area (Å²) < 4.78 is 96.6. The molecule has 1 heterocycles. The Morgan fingerprint density at radius 1 is 0.906 bits per heavy atom. The van der Waals surface area contributed by atoms with Crippen LogP contribution in [-0.4, -0.2) is 41.3 Å². The molecule has 0 bridgehead atoms. The number of hydrogen-bond acceptors (Lipinski definition) is 3. The Morgan fingerprint density at radius 2 is 1.44 bits per heavy atom. The van der Waals surface area contributed by atoms with Crippen LogP contribution in [0, 0.1) is 5.82 Å². The van der Waals surface area contributed by atoms with Crippen LogP contribution in [0.4, 0.5) is 35.5 Å². The number of nitrogens with zero attached hydrogens (tertiary/aromatic N) is 1. The average Bonchev–Trinajstić information content (AvgIpc) is 3.11. The summed E-state index contributed by atoms with van der Waals surface area (Å²) in [5.74, 6) is -2.87. The van der Waals surface area contributed by atoms with Crippen LogP contribution in [0.2, 0.25) is 0 Å². The van der Waals surface area contributed by atoms with Gasteiger partial charge in [-0.05, 0) is 35.9 Å². The maximum Gasteiger partial charge on any atom is 0.416 e. The molecule has 172 valence electrons. The number of alkyl halides is 6. The second kappa shape index (κ2) is 8.32. The number of carbonyl (C=O) groups excluding carboxylic acids is 1. The molecule has 0 saturated carbocycles. The zero-order valence-electron chi connectivity index (χ0n) is 15.9. The highest BCUT2D eigenvalue weighted by molar-refractivity contribution is 5.90. The third-order valence-electron chi connectivity index (χ3n) is 4.92. The van der Waals surface area contributed by atoms with Gasteiger partial charge in [-0.3, -0.25) is 0 Å². The molecule has 2 atom stereocenters. The van der Waals surface area contributed by atoms with Gasteiger partial charge in [-0.25, -0.2) is 14.0 Å². The molecule has 1 aliphatic rings. The third-order valence-corrected chi connectivity index (χ3v) is 4.92. The van der Waals surface area contributed by atoms with Crippen molar-refractivity contribution in [2.24, 2.45) is 0 Å². The van der Waals surface area contributed by atoms with E-state index in [1.54, 1.807) is 0 Å². The van der Waals surface area contributed by atoms with Gasteiger partial charge in [0.05, 0.1) is 23.2 Å². The molecule has 1 saturated heterocycles. The second-order valence-corrected chi connectivity index (χ2v) is 7.08. The second-order valence-electron chi connectivity index (χ2n) is 7.08. The van der Waals surface area contributed by atoms with E-state index in [1.165, 1.54) is 12.1 Å². The van der Waals surface area contributed by atoms with Crippen molar-refractivity contribution in [3.63, 3.8) is 0 Å². The highest BCUT2D eigenvalue weighted by Crippen LogP contribution is 2.37. The fourth-order valence-corrected chi connectivity index (χ4v) is 3.36. The first-order valence-electron chi connectivity index (χ1n) is 8.99. The summed E-state index contributed by atoms with van der Waals surface area (Å²) in [6.07, 6.45) is -12.9. The first-order chi connectivity index (χ1) is 14.8. The molecule has 0 aromatic heterocycles. The van der Waals surface area contributed by atoms with Crippen molar-refractivity contribution in [2.75, 3.05) is 13.1 Å². The van der Waals surface area contributed by atoms with Crippen molar-refractivity contribution in [3.05, 3.63) is 70.5 Å². The van der Waals surface area contributed by atoms with Crippen LogP contribution < -0.4 is 0 Å². The lowest BCUT2D eigenvalue weighted by Gasteiger charge is -2.20. The van der Waals surface area contributed by atoms with E-state index >= 15 is 0 Å². The molecule has 1 amide bonds. The molecule has 1 fully saturated rings. The minimum absolute atomic E-state index is 0.125. The summed E-state index contributed by atoms with van der Waals surface area (Å²) in [5, 5.41) is 9.22. The number of likely N-dealkylation sites (tertiary alicyclic amines) is 1. The number of halogens is 7. The molecular formula is C20H14F7NO4. The van der Waals surface area contributed by atoms with Crippen LogP contribution in [0.15, 0.2) is 42.5 Å². The Balaban J connectivity index is 1.93. The van der Waals surface area contributed by atoms with Crippen LogP contribution in [0.3, 0.4) is 0 Å². The van der Waals surface area contributed by atoms with Crippen molar-refractivity contribution >= 4 is 12.1 Å². The number of hydrogen-bond donors (Lipinski definition) is 1.